The number of fused-ring (bicyclic) bond motifs is 1. The van der Waals surface area contributed by atoms with E-state index in [9.17, 15) is 4.79 Å². The smallest absolute Gasteiger partial charge is 0.227 e. The first-order chi connectivity index (χ1) is 13.1. The van der Waals surface area contributed by atoms with E-state index in [0.29, 0.717) is 24.5 Å². The van der Waals surface area contributed by atoms with Gasteiger partial charge in [-0.05, 0) is 31.0 Å². The Morgan fingerprint density at radius 3 is 2.26 bits per heavy atom. The van der Waals surface area contributed by atoms with Crippen LogP contribution in [-0.4, -0.2) is 20.8 Å². The van der Waals surface area contributed by atoms with Crippen LogP contribution in [0.2, 0.25) is 0 Å². The fraction of sp³-hybridized carbons (Fsp3) is 0.250. The molecule has 7 nitrogen and oxygen atoms in total. The summed E-state index contributed by atoms with van der Waals surface area (Å²) in [6, 6.07) is 4.08. The average Bonchev–Trinajstić information content (AvgIpc) is 3.36. The number of hydrogen-bond donors (Lipinski definition) is 0. The zero-order chi connectivity index (χ0) is 18.8. The highest BCUT2D eigenvalue weighted by Gasteiger charge is 2.20. The fourth-order valence-corrected chi connectivity index (χ4v) is 3.29. The maximum absolute atomic E-state index is 13.1. The number of furan rings is 1. The van der Waals surface area contributed by atoms with Crippen LogP contribution in [0.5, 0.6) is 0 Å². The molecule has 0 atom stereocenters. The second-order valence-electron chi connectivity index (χ2n) is 6.60. The van der Waals surface area contributed by atoms with Crippen molar-refractivity contribution in [2.75, 3.05) is 0 Å². The third kappa shape index (κ3) is 3.62. The van der Waals surface area contributed by atoms with Gasteiger partial charge in [0.15, 0.2) is 12.8 Å². The van der Waals surface area contributed by atoms with Crippen LogP contribution in [0.25, 0.3) is 11.0 Å². The minimum atomic E-state index is -0.0522. The quantitative estimate of drug-likeness (QED) is 0.517. The molecule has 0 spiro atoms. The monoisotopic (exact) mass is 365 g/mol. The first-order valence-electron chi connectivity index (χ1n) is 8.59. The van der Waals surface area contributed by atoms with Gasteiger partial charge in [0, 0.05) is 10.9 Å². The van der Waals surface area contributed by atoms with Gasteiger partial charge in [0.25, 0.3) is 0 Å². The zero-order valence-electron chi connectivity index (χ0n) is 15.1. The van der Waals surface area contributed by atoms with Gasteiger partial charge in [0.2, 0.25) is 5.91 Å². The molecule has 1 aromatic carbocycles. The molecular weight excluding hydrogens is 346 g/mol. The van der Waals surface area contributed by atoms with Gasteiger partial charge in [0.05, 0.1) is 37.2 Å². The molecule has 0 aliphatic rings. The van der Waals surface area contributed by atoms with E-state index in [0.717, 1.165) is 27.7 Å². The third-order valence-corrected chi connectivity index (χ3v) is 4.46. The Labute approximate surface area is 155 Å². The Morgan fingerprint density at radius 2 is 1.67 bits per heavy atom. The Kier molecular flexibility index (Phi) is 4.50. The van der Waals surface area contributed by atoms with Crippen molar-refractivity contribution in [3.05, 3.63) is 71.8 Å². The Bertz CT molecular complexity index is 1010. The SMILES string of the molecule is Cc1cc(C)c2c(CC(=O)N(Cc3cocn3)Cc3cocn3)coc2c1. The molecule has 0 aliphatic heterocycles. The first kappa shape index (κ1) is 17.1. The van der Waals surface area contributed by atoms with E-state index in [1.165, 1.54) is 25.3 Å². The van der Waals surface area contributed by atoms with Gasteiger partial charge in [-0.2, -0.15) is 0 Å². The number of oxazole rings is 2. The van der Waals surface area contributed by atoms with Crippen molar-refractivity contribution in [2.45, 2.75) is 33.4 Å². The lowest BCUT2D eigenvalue weighted by Crippen LogP contribution is -2.31. The lowest BCUT2D eigenvalue weighted by molar-refractivity contribution is -0.131. The van der Waals surface area contributed by atoms with Gasteiger partial charge in [-0.25, -0.2) is 9.97 Å². The van der Waals surface area contributed by atoms with Crippen molar-refractivity contribution >= 4 is 16.9 Å². The Hall–Kier alpha value is -3.35. The number of aryl methyl sites for hydroxylation is 2. The standard InChI is InChI=1S/C20H19N3O4/c1-13-3-14(2)20-15(8-27-18(20)4-13)5-19(24)23(6-16-9-25-11-21-16)7-17-10-26-12-22-17/h3-4,8-12H,5-7H2,1-2H3. The average molecular weight is 365 g/mol. The van der Waals surface area contributed by atoms with Gasteiger partial charge < -0.3 is 18.2 Å². The number of carbonyl (C=O) groups is 1. The summed E-state index contributed by atoms with van der Waals surface area (Å²) in [7, 11) is 0. The van der Waals surface area contributed by atoms with Crippen LogP contribution in [0.15, 0.2) is 57.0 Å². The molecule has 0 unspecified atom stereocenters. The predicted molar refractivity (Wildman–Crippen MR) is 96.7 cm³/mol. The van der Waals surface area contributed by atoms with E-state index in [2.05, 4.69) is 16.0 Å². The highest BCUT2D eigenvalue weighted by atomic mass is 16.3. The van der Waals surface area contributed by atoms with Crippen LogP contribution < -0.4 is 0 Å². The normalized spacial score (nSPS) is 11.2. The molecule has 0 fully saturated rings. The number of nitrogens with zero attached hydrogens (tertiary/aromatic N) is 3. The van der Waals surface area contributed by atoms with E-state index < -0.39 is 0 Å². The summed E-state index contributed by atoms with van der Waals surface area (Å²) in [4.78, 5) is 23.0. The summed E-state index contributed by atoms with van der Waals surface area (Å²) in [6.07, 6.45) is 7.66. The molecule has 0 radical (unpaired) electrons. The summed E-state index contributed by atoms with van der Waals surface area (Å²) in [6.45, 7) is 4.71. The molecule has 4 rings (SSSR count). The summed E-state index contributed by atoms with van der Waals surface area (Å²) in [5, 5.41) is 0.997. The van der Waals surface area contributed by atoms with Crippen molar-refractivity contribution in [1.29, 1.82) is 0 Å². The number of hydrogen-bond acceptors (Lipinski definition) is 6. The first-order valence-corrected chi connectivity index (χ1v) is 8.59. The molecule has 1 amide bonds. The van der Waals surface area contributed by atoms with E-state index in [4.69, 9.17) is 13.3 Å². The molecule has 3 heterocycles. The molecule has 0 bridgehead atoms. The van der Waals surface area contributed by atoms with Crippen LogP contribution in [0, 0.1) is 13.8 Å². The topological polar surface area (TPSA) is 85.5 Å². The minimum absolute atomic E-state index is 0.0522. The zero-order valence-corrected chi connectivity index (χ0v) is 15.1. The van der Waals surface area contributed by atoms with Crippen molar-refractivity contribution in [2.24, 2.45) is 0 Å². The summed E-state index contributed by atoms with van der Waals surface area (Å²) in [5.74, 6) is -0.0522. The molecule has 27 heavy (non-hydrogen) atoms. The molecule has 0 aliphatic carbocycles. The molecule has 0 N–H and O–H groups in total. The molecular formula is C20H19N3O4. The van der Waals surface area contributed by atoms with Crippen LogP contribution in [0.3, 0.4) is 0 Å². The second-order valence-corrected chi connectivity index (χ2v) is 6.60. The number of aromatic nitrogens is 2. The van der Waals surface area contributed by atoms with Gasteiger partial charge in [-0.1, -0.05) is 6.07 Å². The molecule has 7 heteroatoms. The number of amides is 1. The highest BCUT2D eigenvalue weighted by Crippen LogP contribution is 2.27. The maximum Gasteiger partial charge on any atom is 0.227 e. The molecule has 0 saturated heterocycles. The van der Waals surface area contributed by atoms with Gasteiger partial charge in [-0.3, -0.25) is 4.79 Å². The van der Waals surface area contributed by atoms with Crippen LogP contribution >= 0.6 is 0 Å². The molecule has 138 valence electrons. The number of benzene rings is 1. The predicted octanol–water partition coefficient (Wildman–Crippen LogP) is 3.80. The summed E-state index contributed by atoms with van der Waals surface area (Å²) < 4.78 is 15.7. The maximum atomic E-state index is 13.1. The Balaban J connectivity index is 1.59. The fourth-order valence-electron chi connectivity index (χ4n) is 3.29. The van der Waals surface area contributed by atoms with Crippen LogP contribution in [0.1, 0.15) is 28.1 Å². The number of carbonyl (C=O) groups excluding carboxylic acids is 1. The number of rotatable bonds is 6. The van der Waals surface area contributed by atoms with Gasteiger partial charge in [0.1, 0.15) is 18.1 Å². The minimum Gasteiger partial charge on any atom is -0.464 e. The van der Waals surface area contributed by atoms with E-state index >= 15 is 0 Å². The lowest BCUT2D eigenvalue weighted by atomic mass is 10.0. The highest BCUT2D eigenvalue weighted by molar-refractivity contribution is 5.90. The third-order valence-electron chi connectivity index (χ3n) is 4.46. The van der Waals surface area contributed by atoms with E-state index in [1.807, 2.05) is 19.9 Å². The summed E-state index contributed by atoms with van der Waals surface area (Å²) >= 11 is 0. The largest absolute Gasteiger partial charge is 0.464 e. The van der Waals surface area contributed by atoms with Crippen molar-refractivity contribution in [1.82, 2.24) is 14.9 Å². The molecule has 3 aromatic heterocycles. The summed E-state index contributed by atoms with van der Waals surface area (Å²) in [5.41, 5.74) is 5.26. The van der Waals surface area contributed by atoms with Gasteiger partial charge in [-0.15, -0.1) is 0 Å². The molecule has 4 aromatic rings. The van der Waals surface area contributed by atoms with E-state index in [-0.39, 0.29) is 12.3 Å². The van der Waals surface area contributed by atoms with Crippen LogP contribution in [-0.2, 0) is 24.3 Å². The van der Waals surface area contributed by atoms with E-state index in [1.54, 1.807) is 11.2 Å². The van der Waals surface area contributed by atoms with Gasteiger partial charge >= 0.3 is 0 Å². The van der Waals surface area contributed by atoms with Crippen molar-refractivity contribution < 1.29 is 18.0 Å². The van der Waals surface area contributed by atoms with Crippen LogP contribution in [0.4, 0.5) is 0 Å². The molecule has 0 saturated carbocycles. The van der Waals surface area contributed by atoms with Crippen molar-refractivity contribution in [3.63, 3.8) is 0 Å². The van der Waals surface area contributed by atoms with Crippen molar-refractivity contribution in [3.8, 4) is 0 Å². The lowest BCUT2D eigenvalue weighted by Gasteiger charge is -2.20. The Morgan fingerprint density at radius 1 is 1.00 bits per heavy atom. The second kappa shape index (κ2) is 7.11.